The van der Waals surface area contributed by atoms with Crippen LogP contribution in [-0.4, -0.2) is 64.8 Å². The number of hydrogen-bond acceptors (Lipinski definition) is 5. The first-order valence-electron chi connectivity index (χ1n) is 10.1. The van der Waals surface area contributed by atoms with E-state index in [9.17, 15) is 4.79 Å². The van der Waals surface area contributed by atoms with Gasteiger partial charge in [-0.2, -0.15) is 0 Å². The van der Waals surface area contributed by atoms with Gasteiger partial charge in [-0.3, -0.25) is 4.79 Å². The molecule has 0 bridgehead atoms. The first-order valence-corrected chi connectivity index (χ1v) is 10.1. The number of nitrogens with one attached hydrogen (secondary N) is 1. The molecule has 2 aromatic rings. The maximum atomic E-state index is 12.3. The van der Waals surface area contributed by atoms with E-state index in [-0.39, 0.29) is 5.91 Å². The number of methoxy groups -OCH3 is 2. The first-order chi connectivity index (χ1) is 14.1. The van der Waals surface area contributed by atoms with Crippen LogP contribution >= 0.6 is 0 Å². The van der Waals surface area contributed by atoms with E-state index in [4.69, 9.17) is 9.47 Å². The summed E-state index contributed by atoms with van der Waals surface area (Å²) in [6.07, 6.45) is 1.14. The lowest BCUT2D eigenvalue weighted by atomic mass is 10.1. The van der Waals surface area contributed by atoms with Gasteiger partial charge in [0, 0.05) is 38.4 Å². The Balaban J connectivity index is 1.44. The fraction of sp³-hybridized carbons (Fsp3) is 0.435. The molecule has 0 radical (unpaired) electrons. The Morgan fingerprint density at radius 2 is 1.59 bits per heavy atom. The van der Waals surface area contributed by atoms with Crippen molar-refractivity contribution in [1.82, 2.24) is 10.2 Å². The Morgan fingerprint density at radius 1 is 0.931 bits per heavy atom. The van der Waals surface area contributed by atoms with E-state index in [0.29, 0.717) is 24.5 Å². The number of rotatable bonds is 8. The van der Waals surface area contributed by atoms with Crippen LogP contribution in [0.1, 0.15) is 11.1 Å². The lowest BCUT2D eigenvalue weighted by molar-refractivity contribution is -0.120. The molecule has 0 aromatic heterocycles. The second-order valence-electron chi connectivity index (χ2n) is 7.42. The number of hydrogen-bond donors (Lipinski definition) is 1. The zero-order valence-electron chi connectivity index (χ0n) is 17.6. The van der Waals surface area contributed by atoms with Crippen LogP contribution in [0, 0.1) is 0 Å². The molecule has 1 fully saturated rings. The molecule has 0 atom stereocenters. The van der Waals surface area contributed by atoms with Gasteiger partial charge in [0.2, 0.25) is 5.91 Å². The van der Waals surface area contributed by atoms with Crippen LogP contribution in [0.25, 0.3) is 0 Å². The zero-order valence-corrected chi connectivity index (χ0v) is 17.6. The number of amides is 1. The van der Waals surface area contributed by atoms with E-state index in [2.05, 4.69) is 46.4 Å². The molecule has 1 heterocycles. The Morgan fingerprint density at radius 3 is 2.24 bits per heavy atom. The minimum atomic E-state index is 0.00581. The van der Waals surface area contributed by atoms with Gasteiger partial charge in [0.05, 0.1) is 20.6 Å². The summed E-state index contributed by atoms with van der Waals surface area (Å²) in [5.41, 5.74) is 3.41. The van der Waals surface area contributed by atoms with Crippen LogP contribution in [0.3, 0.4) is 0 Å². The predicted octanol–water partition coefficient (Wildman–Crippen LogP) is 2.36. The highest BCUT2D eigenvalue weighted by molar-refractivity contribution is 5.78. The number of likely N-dealkylation sites (N-methyl/N-ethyl adjacent to an activating group) is 1. The van der Waals surface area contributed by atoms with Gasteiger partial charge in [0.1, 0.15) is 0 Å². The smallest absolute Gasteiger partial charge is 0.224 e. The zero-order chi connectivity index (χ0) is 20.6. The normalized spacial score (nSPS) is 14.5. The number of anilines is 1. The van der Waals surface area contributed by atoms with E-state index in [0.717, 1.165) is 38.2 Å². The summed E-state index contributed by atoms with van der Waals surface area (Å²) >= 11 is 0. The molecule has 6 heteroatoms. The molecule has 1 aliphatic heterocycles. The molecule has 29 heavy (non-hydrogen) atoms. The summed E-state index contributed by atoms with van der Waals surface area (Å²) < 4.78 is 10.5. The summed E-state index contributed by atoms with van der Waals surface area (Å²) in [6, 6.07) is 14.2. The highest BCUT2D eigenvalue weighted by Crippen LogP contribution is 2.27. The maximum absolute atomic E-state index is 12.3. The average Bonchev–Trinajstić information content (AvgIpc) is 2.74. The molecule has 6 nitrogen and oxygen atoms in total. The summed E-state index contributed by atoms with van der Waals surface area (Å²) in [5.74, 6) is 1.31. The molecule has 0 saturated carbocycles. The number of carbonyl (C=O) groups is 1. The molecule has 1 amide bonds. The van der Waals surface area contributed by atoms with Crippen molar-refractivity contribution in [3.63, 3.8) is 0 Å². The minimum Gasteiger partial charge on any atom is -0.493 e. The van der Waals surface area contributed by atoms with Gasteiger partial charge in [-0.05, 0) is 48.9 Å². The van der Waals surface area contributed by atoms with Gasteiger partial charge in [0.15, 0.2) is 11.5 Å². The van der Waals surface area contributed by atoms with Crippen LogP contribution in [0.4, 0.5) is 5.69 Å². The van der Waals surface area contributed by atoms with Crippen LogP contribution in [0.5, 0.6) is 11.5 Å². The van der Waals surface area contributed by atoms with Gasteiger partial charge in [0.25, 0.3) is 0 Å². The molecule has 0 unspecified atom stereocenters. The largest absolute Gasteiger partial charge is 0.493 e. The third-order valence-corrected chi connectivity index (χ3v) is 5.35. The Hall–Kier alpha value is -2.73. The molecule has 1 saturated heterocycles. The van der Waals surface area contributed by atoms with Crippen molar-refractivity contribution in [2.75, 3.05) is 58.9 Å². The second kappa shape index (κ2) is 10.2. The van der Waals surface area contributed by atoms with Crippen molar-refractivity contribution in [1.29, 1.82) is 0 Å². The lowest BCUT2D eigenvalue weighted by Gasteiger charge is -2.34. The molecular weight excluding hydrogens is 366 g/mol. The fourth-order valence-electron chi connectivity index (χ4n) is 3.52. The molecule has 2 aromatic carbocycles. The van der Waals surface area contributed by atoms with Gasteiger partial charge >= 0.3 is 0 Å². The molecule has 3 rings (SSSR count). The highest BCUT2D eigenvalue weighted by Gasteiger charge is 2.14. The summed E-state index contributed by atoms with van der Waals surface area (Å²) in [5, 5.41) is 3.00. The predicted molar refractivity (Wildman–Crippen MR) is 116 cm³/mol. The molecule has 1 N–H and O–H groups in total. The third-order valence-electron chi connectivity index (χ3n) is 5.35. The molecule has 156 valence electrons. The second-order valence-corrected chi connectivity index (χ2v) is 7.42. The van der Waals surface area contributed by atoms with E-state index >= 15 is 0 Å². The quantitative estimate of drug-likeness (QED) is 0.741. The summed E-state index contributed by atoms with van der Waals surface area (Å²) in [7, 11) is 5.36. The number of piperazine rings is 1. The first kappa shape index (κ1) is 21.0. The average molecular weight is 398 g/mol. The van der Waals surface area contributed by atoms with E-state index in [1.54, 1.807) is 14.2 Å². The van der Waals surface area contributed by atoms with Crippen LogP contribution in [0.15, 0.2) is 42.5 Å². The molecule has 0 aliphatic carbocycles. The van der Waals surface area contributed by atoms with Gasteiger partial charge in [-0.25, -0.2) is 0 Å². The van der Waals surface area contributed by atoms with Crippen molar-refractivity contribution < 1.29 is 14.3 Å². The van der Waals surface area contributed by atoms with Crippen molar-refractivity contribution in [2.45, 2.75) is 12.8 Å². The number of carbonyl (C=O) groups excluding carboxylic acids is 1. The number of benzene rings is 2. The van der Waals surface area contributed by atoms with Gasteiger partial charge in [-0.15, -0.1) is 0 Å². The monoisotopic (exact) mass is 397 g/mol. The fourth-order valence-corrected chi connectivity index (χ4v) is 3.52. The summed E-state index contributed by atoms with van der Waals surface area (Å²) in [6.45, 7) is 4.98. The van der Waals surface area contributed by atoms with E-state index in [1.165, 1.54) is 11.3 Å². The van der Waals surface area contributed by atoms with Crippen molar-refractivity contribution in [3.05, 3.63) is 53.6 Å². The van der Waals surface area contributed by atoms with E-state index in [1.807, 2.05) is 18.2 Å². The van der Waals surface area contributed by atoms with Crippen molar-refractivity contribution in [3.8, 4) is 11.5 Å². The molecular formula is C23H31N3O3. The van der Waals surface area contributed by atoms with Crippen LogP contribution in [0.2, 0.25) is 0 Å². The standard InChI is InChI=1S/C23H31N3O3/c1-25-12-14-26(15-13-25)20-7-4-18(5-8-20)10-11-24-23(27)17-19-6-9-21(28-2)22(16-19)29-3/h4-9,16H,10-15,17H2,1-3H3,(H,24,27). The Bertz CT molecular complexity index is 800. The molecule has 1 aliphatic rings. The highest BCUT2D eigenvalue weighted by atomic mass is 16.5. The maximum Gasteiger partial charge on any atom is 0.224 e. The van der Waals surface area contributed by atoms with E-state index < -0.39 is 0 Å². The number of nitrogens with zero attached hydrogens (tertiary/aromatic N) is 2. The van der Waals surface area contributed by atoms with Gasteiger partial charge < -0.3 is 24.6 Å². The van der Waals surface area contributed by atoms with Crippen molar-refractivity contribution in [2.24, 2.45) is 0 Å². The minimum absolute atomic E-state index is 0.00581. The van der Waals surface area contributed by atoms with Gasteiger partial charge in [-0.1, -0.05) is 18.2 Å². The third kappa shape index (κ3) is 5.87. The van der Waals surface area contributed by atoms with Crippen LogP contribution < -0.4 is 19.7 Å². The number of ether oxygens (including phenoxy) is 2. The topological polar surface area (TPSA) is 54.0 Å². The Kier molecular flexibility index (Phi) is 7.36. The Labute approximate surface area is 173 Å². The molecule has 0 spiro atoms. The van der Waals surface area contributed by atoms with Crippen molar-refractivity contribution >= 4 is 11.6 Å². The summed E-state index contributed by atoms with van der Waals surface area (Å²) in [4.78, 5) is 17.0. The SMILES string of the molecule is COc1ccc(CC(=O)NCCc2ccc(N3CCN(C)CC3)cc2)cc1OC. The van der Waals surface area contributed by atoms with Crippen LogP contribution in [-0.2, 0) is 17.6 Å². The lowest BCUT2D eigenvalue weighted by Crippen LogP contribution is -2.44.